The summed E-state index contributed by atoms with van der Waals surface area (Å²) in [5.41, 5.74) is 0. The first-order valence-corrected chi connectivity index (χ1v) is 5.77. The smallest absolute Gasteiger partial charge is 0.111 e. The van der Waals surface area contributed by atoms with Gasteiger partial charge in [0.25, 0.3) is 0 Å². The number of hydrogen-bond acceptors (Lipinski definition) is 8. The lowest BCUT2D eigenvalue weighted by Crippen LogP contribution is -2.47. The van der Waals surface area contributed by atoms with Crippen molar-refractivity contribution in [2.45, 2.75) is 30.5 Å². The Morgan fingerprint density at radius 1 is 0.882 bits per heavy atom. The van der Waals surface area contributed by atoms with Crippen molar-refractivity contribution in [1.82, 2.24) is 0 Å². The molecule has 0 heterocycles. The van der Waals surface area contributed by atoms with E-state index in [0.29, 0.717) is 0 Å². The summed E-state index contributed by atoms with van der Waals surface area (Å²) in [7, 11) is 0. The Morgan fingerprint density at radius 3 is 1.82 bits per heavy atom. The molecule has 0 bridgehead atoms. The largest absolute Gasteiger partial charge is 0.394 e. The maximum absolute atomic E-state index is 9.44. The summed E-state index contributed by atoms with van der Waals surface area (Å²) >= 11 is 3.89. The van der Waals surface area contributed by atoms with Crippen molar-refractivity contribution in [2.24, 2.45) is 0 Å². The molecule has 8 heteroatoms. The minimum Gasteiger partial charge on any atom is -0.394 e. The molecule has 0 rings (SSSR count). The van der Waals surface area contributed by atoms with Crippen LogP contribution >= 0.6 is 12.6 Å². The summed E-state index contributed by atoms with van der Waals surface area (Å²) in [6.45, 7) is -1.35. The lowest BCUT2D eigenvalue weighted by Gasteiger charge is -2.26. The Morgan fingerprint density at radius 2 is 1.41 bits per heavy atom. The van der Waals surface area contributed by atoms with E-state index in [1.54, 1.807) is 0 Å². The first-order valence-electron chi connectivity index (χ1n) is 5.14. The van der Waals surface area contributed by atoms with E-state index >= 15 is 0 Å². The van der Waals surface area contributed by atoms with E-state index in [1.165, 1.54) is 0 Å². The summed E-state index contributed by atoms with van der Waals surface area (Å²) in [4.78, 5) is 0. The van der Waals surface area contributed by atoms with Crippen LogP contribution in [0.2, 0.25) is 0 Å². The van der Waals surface area contributed by atoms with E-state index in [9.17, 15) is 15.3 Å². The fraction of sp³-hybridized carbons (Fsp3) is 1.00. The van der Waals surface area contributed by atoms with Gasteiger partial charge in [0.15, 0.2) is 0 Å². The number of aliphatic hydroxyl groups excluding tert-OH is 6. The number of hydrogen-bond donors (Lipinski definition) is 7. The van der Waals surface area contributed by atoms with Gasteiger partial charge in [-0.15, -0.1) is 0 Å². The first-order chi connectivity index (χ1) is 7.97. The zero-order valence-corrected chi connectivity index (χ0v) is 10.1. The van der Waals surface area contributed by atoms with E-state index in [1.807, 2.05) is 0 Å². The summed E-state index contributed by atoms with van der Waals surface area (Å²) in [5.74, 6) is 0.237. The summed E-state index contributed by atoms with van der Waals surface area (Å²) < 4.78 is 5.00. The van der Waals surface area contributed by atoms with E-state index in [-0.39, 0.29) is 19.0 Å². The van der Waals surface area contributed by atoms with Gasteiger partial charge in [0, 0.05) is 5.75 Å². The fourth-order valence-corrected chi connectivity index (χ4v) is 1.28. The van der Waals surface area contributed by atoms with Crippen molar-refractivity contribution in [3.8, 4) is 0 Å². The van der Waals surface area contributed by atoms with Gasteiger partial charge in [0.2, 0.25) is 0 Å². The van der Waals surface area contributed by atoms with E-state index in [2.05, 4.69) is 12.6 Å². The summed E-state index contributed by atoms with van der Waals surface area (Å²) in [5, 5.41) is 54.5. The van der Waals surface area contributed by atoms with Crippen molar-refractivity contribution in [1.29, 1.82) is 0 Å². The number of aliphatic hydroxyl groups is 6. The van der Waals surface area contributed by atoms with E-state index in [0.717, 1.165) is 0 Å². The molecule has 0 radical (unpaired) electrons. The SMILES string of the molecule is OCC(CS)OC[C@@H](O)[C@@H](O)[C@H](O)[C@H](O)CO. The lowest BCUT2D eigenvalue weighted by molar-refractivity contribution is -0.135. The fourth-order valence-electron chi connectivity index (χ4n) is 1.06. The van der Waals surface area contributed by atoms with E-state index in [4.69, 9.17) is 20.1 Å². The molecule has 7 nitrogen and oxygen atoms in total. The van der Waals surface area contributed by atoms with Crippen LogP contribution in [0.5, 0.6) is 0 Å². The molecule has 104 valence electrons. The Hall–Kier alpha value is 0.0700. The van der Waals surface area contributed by atoms with Crippen LogP contribution in [0.4, 0.5) is 0 Å². The van der Waals surface area contributed by atoms with Crippen molar-refractivity contribution in [2.75, 3.05) is 25.6 Å². The van der Waals surface area contributed by atoms with Gasteiger partial charge in [0.1, 0.15) is 24.4 Å². The van der Waals surface area contributed by atoms with Gasteiger partial charge in [-0.25, -0.2) is 0 Å². The Kier molecular flexibility index (Phi) is 9.10. The molecule has 5 atom stereocenters. The quantitative estimate of drug-likeness (QED) is 0.219. The van der Waals surface area contributed by atoms with Gasteiger partial charge in [-0.3, -0.25) is 0 Å². The van der Waals surface area contributed by atoms with Gasteiger partial charge in [-0.05, 0) is 0 Å². The van der Waals surface area contributed by atoms with E-state index < -0.39 is 37.1 Å². The number of ether oxygens (including phenoxy) is 1. The molecule has 0 aromatic carbocycles. The molecule has 0 aromatic rings. The predicted molar refractivity (Wildman–Crippen MR) is 61.8 cm³/mol. The van der Waals surface area contributed by atoms with Gasteiger partial charge in [0.05, 0.1) is 25.9 Å². The third-order valence-corrected chi connectivity index (χ3v) is 2.64. The van der Waals surface area contributed by atoms with Crippen molar-refractivity contribution in [3.05, 3.63) is 0 Å². The highest BCUT2D eigenvalue weighted by Crippen LogP contribution is 2.06. The summed E-state index contributed by atoms with van der Waals surface area (Å²) in [6, 6.07) is 0. The highest BCUT2D eigenvalue weighted by Gasteiger charge is 2.30. The van der Waals surface area contributed by atoms with Crippen LogP contribution in [0.3, 0.4) is 0 Å². The maximum Gasteiger partial charge on any atom is 0.111 e. The topological polar surface area (TPSA) is 131 Å². The first kappa shape index (κ1) is 17.1. The summed E-state index contributed by atoms with van der Waals surface area (Å²) in [6.07, 6.45) is -6.91. The van der Waals surface area contributed by atoms with Gasteiger partial charge in [-0.2, -0.15) is 12.6 Å². The zero-order valence-electron chi connectivity index (χ0n) is 9.25. The van der Waals surface area contributed by atoms with Gasteiger partial charge < -0.3 is 35.4 Å². The Balaban J connectivity index is 4.08. The lowest BCUT2D eigenvalue weighted by atomic mass is 10.0. The molecule has 17 heavy (non-hydrogen) atoms. The van der Waals surface area contributed by atoms with Gasteiger partial charge >= 0.3 is 0 Å². The van der Waals surface area contributed by atoms with Crippen LogP contribution in [0.1, 0.15) is 0 Å². The van der Waals surface area contributed by atoms with Crippen LogP contribution in [-0.4, -0.2) is 86.7 Å². The average molecular weight is 272 g/mol. The minimum atomic E-state index is -1.68. The molecular formula is C9H20O7S. The van der Waals surface area contributed by atoms with Crippen LogP contribution in [0.25, 0.3) is 0 Å². The normalized spacial score (nSPS) is 20.6. The molecule has 0 aliphatic carbocycles. The average Bonchev–Trinajstić information content (AvgIpc) is 2.36. The second kappa shape index (κ2) is 9.06. The van der Waals surface area contributed by atoms with Crippen LogP contribution in [0, 0.1) is 0 Å². The van der Waals surface area contributed by atoms with Crippen LogP contribution in [0.15, 0.2) is 0 Å². The van der Waals surface area contributed by atoms with Crippen LogP contribution < -0.4 is 0 Å². The molecule has 0 aliphatic heterocycles. The van der Waals surface area contributed by atoms with Gasteiger partial charge in [-0.1, -0.05) is 0 Å². The molecular weight excluding hydrogens is 252 g/mol. The second-order valence-corrected chi connectivity index (χ2v) is 3.98. The minimum absolute atomic E-state index is 0.237. The molecule has 0 saturated heterocycles. The molecule has 0 aliphatic rings. The monoisotopic (exact) mass is 272 g/mol. The third-order valence-electron chi connectivity index (χ3n) is 2.24. The Labute approximate surface area is 105 Å². The molecule has 0 spiro atoms. The zero-order chi connectivity index (χ0) is 13.4. The van der Waals surface area contributed by atoms with Crippen molar-refractivity contribution >= 4 is 12.6 Å². The van der Waals surface area contributed by atoms with Crippen molar-refractivity contribution < 1.29 is 35.4 Å². The Bertz CT molecular complexity index is 190. The molecule has 0 fully saturated rings. The molecule has 1 unspecified atom stereocenters. The molecule has 0 saturated carbocycles. The highest BCUT2D eigenvalue weighted by molar-refractivity contribution is 7.80. The predicted octanol–water partition coefficient (Wildman–Crippen LogP) is -3.27. The standard InChI is InChI=1S/C9H20O7S/c10-1-5(4-17)16-3-7(13)9(15)8(14)6(12)2-11/h5-15,17H,1-4H2/t5?,6-,7-,8-,9-/m1/s1. The second-order valence-electron chi connectivity index (χ2n) is 3.62. The number of rotatable bonds is 9. The third kappa shape index (κ3) is 5.98. The number of thiol groups is 1. The van der Waals surface area contributed by atoms with Crippen LogP contribution in [-0.2, 0) is 4.74 Å². The highest BCUT2D eigenvalue weighted by atomic mass is 32.1. The maximum atomic E-state index is 9.44. The molecule has 6 N–H and O–H groups in total. The molecule has 0 aromatic heterocycles. The van der Waals surface area contributed by atoms with Crippen molar-refractivity contribution in [3.63, 3.8) is 0 Å². The molecule has 0 amide bonds.